The lowest BCUT2D eigenvalue weighted by atomic mass is 10.2. The molecule has 144 valence electrons. The van der Waals surface area contributed by atoms with Crippen molar-refractivity contribution in [3.63, 3.8) is 0 Å². The standard InChI is InChI=1S/C14H18F4N2O3S.ClH/c15-13(16)14(17,18)10-23-9-11-2-1-3-12(8-11)24(21,22)20-6-4-19-5-7-20;/h1-3,8,13,19H,4-7,9-10H2;1H. The zero-order valence-corrected chi connectivity index (χ0v) is 14.8. The molecule has 1 heterocycles. The number of nitrogens with one attached hydrogen (secondary N) is 1. The van der Waals surface area contributed by atoms with Gasteiger partial charge in [0.05, 0.1) is 11.5 Å². The predicted octanol–water partition coefficient (Wildman–Crippen LogP) is 2.12. The molecule has 0 bridgehead atoms. The summed E-state index contributed by atoms with van der Waals surface area (Å²) in [6, 6.07) is 5.64. The van der Waals surface area contributed by atoms with Crippen LogP contribution in [-0.2, 0) is 21.4 Å². The van der Waals surface area contributed by atoms with Crippen LogP contribution in [0.2, 0.25) is 0 Å². The van der Waals surface area contributed by atoms with Crippen molar-refractivity contribution in [2.75, 3.05) is 32.8 Å². The molecule has 2 rings (SSSR count). The summed E-state index contributed by atoms with van der Waals surface area (Å²) in [6.45, 7) is -0.0461. The average molecular weight is 407 g/mol. The number of hydrogen-bond acceptors (Lipinski definition) is 4. The molecule has 0 spiro atoms. The Morgan fingerprint density at radius 3 is 2.48 bits per heavy atom. The summed E-state index contributed by atoms with van der Waals surface area (Å²) >= 11 is 0. The molecule has 1 saturated heterocycles. The van der Waals surface area contributed by atoms with E-state index in [-0.39, 0.29) is 23.9 Å². The van der Waals surface area contributed by atoms with Crippen LogP contribution in [0.3, 0.4) is 0 Å². The lowest BCUT2D eigenvalue weighted by Gasteiger charge is -2.26. The van der Waals surface area contributed by atoms with Gasteiger partial charge in [-0.05, 0) is 17.7 Å². The zero-order chi connectivity index (χ0) is 17.8. The average Bonchev–Trinajstić information content (AvgIpc) is 2.55. The summed E-state index contributed by atoms with van der Waals surface area (Å²) in [4.78, 5) is 0.0196. The molecule has 1 aliphatic rings. The Bertz CT molecular complexity index is 655. The molecule has 11 heteroatoms. The molecule has 1 aromatic carbocycles. The third-order valence-corrected chi connectivity index (χ3v) is 5.39. The molecule has 1 N–H and O–H groups in total. The lowest BCUT2D eigenvalue weighted by Crippen LogP contribution is -2.46. The normalized spacial score (nSPS) is 16.7. The number of halogens is 5. The summed E-state index contributed by atoms with van der Waals surface area (Å²) in [5.74, 6) is -4.23. The fourth-order valence-corrected chi connectivity index (χ4v) is 3.71. The van der Waals surface area contributed by atoms with E-state index >= 15 is 0 Å². The van der Waals surface area contributed by atoms with Gasteiger partial charge >= 0.3 is 12.3 Å². The van der Waals surface area contributed by atoms with Gasteiger partial charge in [-0.2, -0.15) is 13.1 Å². The van der Waals surface area contributed by atoms with Crippen LogP contribution in [0.5, 0.6) is 0 Å². The van der Waals surface area contributed by atoms with Crippen molar-refractivity contribution in [1.29, 1.82) is 0 Å². The first-order valence-electron chi connectivity index (χ1n) is 7.27. The molecule has 1 aromatic rings. The molecule has 1 aliphatic heterocycles. The lowest BCUT2D eigenvalue weighted by molar-refractivity contribution is -0.168. The van der Waals surface area contributed by atoms with Crippen molar-refractivity contribution >= 4 is 22.4 Å². The maximum Gasteiger partial charge on any atom is 0.330 e. The van der Waals surface area contributed by atoms with E-state index in [1.807, 2.05) is 0 Å². The Morgan fingerprint density at radius 1 is 1.24 bits per heavy atom. The van der Waals surface area contributed by atoms with Gasteiger partial charge in [0, 0.05) is 26.2 Å². The molecule has 1 fully saturated rings. The highest BCUT2D eigenvalue weighted by Crippen LogP contribution is 2.24. The first-order valence-corrected chi connectivity index (χ1v) is 8.71. The minimum atomic E-state index is -4.23. The molecule has 0 atom stereocenters. The Kier molecular flexibility index (Phi) is 8.07. The van der Waals surface area contributed by atoms with Crippen molar-refractivity contribution < 1.29 is 30.7 Å². The van der Waals surface area contributed by atoms with E-state index in [0.717, 1.165) is 0 Å². The summed E-state index contributed by atoms with van der Waals surface area (Å²) in [5.41, 5.74) is 0.316. The molecular formula is C14H19ClF4N2O3S. The van der Waals surface area contributed by atoms with Crippen LogP contribution in [0.4, 0.5) is 17.6 Å². The van der Waals surface area contributed by atoms with Crippen molar-refractivity contribution in [2.24, 2.45) is 0 Å². The van der Waals surface area contributed by atoms with E-state index in [0.29, 0.717) is 31.7 Å². The SMILES string of the molecule is Cl.O=S(=O)(c1cccc(COCC(F)(F)C(F)F)c1)N1CCNCC1. The Labute approximate surface area is 149 Å². The third kappa shape index (κ3) is 5.78. The van der Waals surface area contributed by atoms with Gasteiger partial charge in [-0.1, -0.05) is 12.1 Å². The van der Waals surface area contributed by atoms with Crippen LogP contribution < -0.4 is 5.32 Å². The van der Waals surface area contributed by atoms with Crippen molar-refractivity contribution in [3.05, 3.63) is 29.8 Å². The zero-order valence-electron chi connectivity index (χ0n) is 13.1. The molecule has 0 radical (unpaired) electrons. The number of benzene rings is 1. The van der Waals surface area contributed by atoms with Crippen molar-refractivity contribution in [1.82, 2.24) is 9.62 Å². The predicted molar refractivity (Wildman–Crippen MR) is 85.9 cm³/mol. The number of alkyl halides is 4. The van der Waals surface area contributed by atoms with Crippen LogP contribution in [0.1, 0.15) is 5.56 Å². The van der Waals surface area contributed by atoms with Gasteiger partial charge in [0.1, 0.15) is 6.61 Å². The summed E-state index contributed by atoms with van der Waals surface area (Å²) in [5, 5.41) is 3.04. The van der Waals surface area contributed by atoms with E-state index in [1.165, 1.54) is 28.6 Å². The van der Waals surface area contributed by atoms with Crippen LogP contribution in [0, 0.1) is 0 Å². The first-order chi connectivity index (χ1) is 11.2. The van der Waals surface area contributed by atoms with Gasteiger partial charge < -0.3 is 10.1 Å². The largest absolute Gasteiger partial charge is 0.370 e. The fourth-order valence-electron chi connectivity index (χ4n) is 2.20. The first kappa shape index (κ1) is 22.1. The second kappa shape index (κ2) is 9.13. The van der Waals surface area contributed by atoms with Crippen LogP contribution in [-0.4, -0.2) is 57.9 Å². The van der Waals surface area contributed by atoms with Gasteiger partial charge in [0.2, 0.25) is 10.0 Å². The minimum absolute atomic E-state index is 0. The number of piperazine rings is 1. The van der Waals surface area contributed by atoms with Gasteiger partial charge in [0.15, 0.2) is 0 Å². The maximum atomic E-state index is 12.8. The van der Waals surface area contributed by atoms with E-state index in [4.69, 9.17) is 0 Å². The second-order valence-electron chi connectivity index (χ2n) is 5.36. The van der Waals surface area contributed by atoms with Crippen LogP contribution >= 0.6 is 12.4 Å². The van der Waals surface area contributed by atoms with E-state index in [2.05, 4.69) is 10.1 Å². The molecule has 0 amide bonds. The monoisotopic (exact) mass is 406 g/mol. The molecule has 0 aliphatic carbocycles. The van der Waals surface area contributed by atoms with Gasteiger partial charge in [-0.15, -0.1) is 12.4 Å². The van der Waals surface area contributed by atoms with Gasteiger partial charge in [0.25, 0.3) is 0 Å². The molecule has 0 unspecified atom stereocenters. The van der Waals surface area contributed by atoms with Crippen molar-refractivity contribution in [3.8, 4) is 0 Å². The van der Waals surface area contributed by atoms with E-state index in [1.54, 1.807) is 0 Å². The Balaban J connectivity index is 0.00000312. The highest BCUT2D eigenvalue weighted by Gasteiger charge is 2.40. The summed E-state index contributed by atoms with van der Waals surface area (Å²) in [7, 11) is -3.68. The number of nitrogens with zero attached hydrogens (tertiary/aromatic N) is 1. The topological polar surface area (TPSA) is 58.6 Å². The number of sulfonamides is 1. The molecular weight excluding hydrogens is 388 g/mol. The summed E-state index contributed by atoms with van der Waals surface area (Å²) in [6.07, 6.45) is -3.81. The molecule has 25 heavy (non-hydrogen) atoms. The second-order valence-corrected chi connectivity index (χ2v) is 7.29. The van der Waals surface area contributed by atoms with E-state index < -0.39 is 29.0 Å². The van der Waals surface area contributed by atoms with Crippen LogP contribution in [0.15, 0.2) is 29.2 Å². The minimum Gasteiger partial charge on any atom is -0.370 e. The highest BCUT2D eigenvalue weighted by molar-refractivity contribution is 7.89. The molecule has 0 aromatic heterocycles. The summed E-state index contributed by atoms with van der Waals surface area (Å²) < 4.78 is 80.6. The van der Waals surface area contributed by atoms with Crippen molar-refractivity contribution in [2.45, 2.75) is 23.9 Å². The Hall–Kier alpha value is -0.940. The Morgan fingerprint density at radius 2 is 1.88 bits per heavy atom. The van der Waals surface area contributed by atoms with Crippen LogP contribution in [0.25, 0.3) is 0 Å². The fraction of sp³-hybridized carbons (Fsp3) is 0.571. The number of ether oxygens (including phenoxy) is 1. The quantitative estimate of drug-likeness (QED) is 0.705. The van der Waals surface area contributed by atoms with E-state index in [9.17, 15) is 26.0 Å². The van der Waals surface area contributed by atoms with Gasteiger partial charge in [-0.3, -0.25) is 0 Å². The third-order valence-electron chi connectivity index (χ3n) is 3.49. The smallest absolute Gasteiger partial charge is 0.330 e. The number of rotatable bonds is 7. The number of hydrogen-bond donors (Lipinski definition) is 1. The molecule has 5 nitrogen and oxygen atoms in total. The maximum absolute atomic E-state index is 12.8. The highest BCUT2D eigenvalue weighted by atomic mass is 35.5. The molecule has 0 saturated carbocycles. The van der Waals surface area contributed by atoms with Gasteiger partial charge in [-0.25, -0.2) is 17.2 Å².